The molecule has 9 heteroatoms. The summed E-state index contributed by atoms with van der Waals surface area (Å²) in [5.74, 6) is -0.238. The molecule has 0 aliphatic carbocycles. The van der Waals surface area contributed by atoms with Crippen LogP contribution in [0, 0.1) is 6.92 Å². The van der Waals surface area contributed by atoms with E-state index in [9.17, 15) is 9.59 Å². The molecule has 3 aromatic rings. The van der Waals surface area contributed by atoms with Crippen LogP contribution < -0.4 is 10.6 Å². The van der Waals surface area contributed by atoms with Crippen molar-refractivity contribution >= 4 is 34.9 Å². The number of carbonyl (C=O) groups excluding carboxylic acids is 2. The second-order valence-electron chi connectivity index (χ2n) is 7.02. The Morgan fingerprint density at radius 3 is 2.23 bits per heavy atom. The van der Waals surface area contributed by atoms with Gasteiger partial charge < -0.3 is 15.7 Å². The van der Waals surface area contributed by atoms with Crippen molar-refractivity contribution in [1.29, 1.82) is 0 Å². The standard InChI is InChI=1S/C14H13NO3S.C6H9N3.C4H8.C2H7N/c1-9-6-10(7-16)2-4-12(9)15-14(18)13-5-3-11(8-17)19-13;1-3-6(2)9-5-7-4-8-9;1-3-4-2;1-3-2/h2-6,8,16H,7H2,1H3,(H,15,18);3-5H,1-2H3;3-4H,1-2H3;3H,1-2H3/b;6-3+;4-3-;. The summed E-state index contributed by atoms with van der Waals surface area (Å²) in [4.78, 5) is 27.4. The zero-order valence-corrected chi connectivity index (χ0v) is 22.4. The topological polar surface area (TPSA) is 109 Å². The number of aliphatic hydroxyl groups excluding tert-OH is 1. The molecule has 0 aliphatic heterocycles. The Hall–Kier alpha value is -3.40. The lowest BCUT2D eigenvalue weighted by Gasteiger charge is -2.08. The summed E-state index contributed by atoms with van der Waals surface area (Å²) in [5.41, 5.74) is 3.47. The minimum Gasteiger partial charge on any atom is -0.392 e. The lowest BCUT2D eigenvalue weighted by molar-refractivity contribution is 0.103. The fourth-order valence-corrected chi connectivity index (χ4v) is 2.93. The molecular formula is C26H37N5O3S. The molecule has 2 heterocycles. The summed E-state index contributed by atoms with van der Waals surface area (Å²) in [5, 5.41) is 18.5. The number of nitrogens with one attached hydrogen (secondary N) is 2. The Labute approximate surface area is 212 Å². The molecule has 0 atom stereocenters. The van der Waals surface area contributed by atoms with Crippen molar-refractivity contribution in [3.63, 3.8) is 0 Å². The monoisotopic (exact) mass is 499 g/mol. The van der Waals surface area contributed by atoms with Crippen LogP contribution in [0.2, 0.25) is 0 Å². The predicted octanol–water partition coefficient (Wildman–Crippen LogP) is 5.19. The van der Waals surface area contributed by atoms with Crippen LogP contribution in [-0.4, -0.2) is 46.2 Å². The number of thiophene rings is 1. The smallest absolute Gasteiger partial charge is 0.265 e. The molecule has 0 spiro atoms. The number of carbonyl (C=O) groups is 2. The van der Waals surface area contributed by atoms with Crippen LogP contribution in [-0.2, 0) is 6.61 Å². The first kappa shape index (κ1) is 31.6. The van der Waals surface area contributed by atoms with Gasteiger partial charge >= 0.3 is 0 Å². The van der Waals surface area contributed by atoms with E-state index in [2.05, 4.69) is 20.7 Å². The molecular weight excluding hydrogens is 462 g/mol. The first-order valence-corrected chi connectivity index (χ1v) is 11.8. The number of rotatable bonds is 5. The maximum atomic E-state index is 12.0. The van der Waals surface area contributed by atoms with Crippen LogP contribution in [0.3, 0.4) is 0 Å². The van der Waals surface area contributed by atoms with E-state index >= 15 is 0 Å². The van der Waals surface area contributed by atoms with Gasteiger partial charge in [-0.2, -0.15) is 5.10 Å². The quantitative estimate of drug-likeness (QED) is 0.329. The number of aldehydes is 1. The van der Waals surface area contributed by atoms with Crippen molar-refractivity contribution in [3.8, 4) is 0 Å². The minimum absolute atomic E-state index is 0.0251. The van der Waals surface area contributed by atoms with Crippen LogP contribution >= 0.6 is 11.3 Å². The average Bonchev–Trinajstić information content (AvgIpc) is 3.58. The van der Waals surface area contributed by atoms with Crippen LogP contribution in [0.25, 0.3) is 5.70 Å². The van der Waals surface area contributed by atoms with Gasteiger partial charge in [-0.15, -0.1) is 11.3 Å². The Bertz CT molecular complexity index is 1050. The Morgan fingerprint density at radius 1 is 1.14 bits per heavy atom. The zero-order chi connectivity index (χ0) is 26.6. The molecule has 0 radical (unpaired) electrons. The number of allylic oxidation sites excluding steroid dienone is 4. The van der Waals surface area contributed by atoms with Gasteiger partial charge in [0.1, 0.15) is 12.7 Å². The summed E-state index contributed by atoms with van der Waals surface area (Å²) in [6.45, 7) is 9.79. The molecule has 35 heavy (non-hydrogen) atoms. The highest BCUT2D eigenvalue weighted by Gasteiger charge is 2.10. The molecule has 0 bridgehead atoms. The number of benzene rings is 1. The minimum atomic E-state index is -0.238. The van der Waals surface area contributed by atoms with E-state index in [1.807, 2.05) is 73.0 Å². The summed E-state index contributed by atoms with van der Waals surface area (Å²) >= 11 is 1.15. The maximum absolute atomic E-state index is 12.0. The summed E-state index contributed by atoms with van der Waals surface area (Å²) in [6, 6.07) is 8.58. The van der Waals surface area contributed by atoms with Crippen molar-refractivity contribution < 1.29 is 14.7 Å². The predicted molar refractivity (Wildman–Crippen MR) is 146 cm³/mol. The highest BCUT2D eigenvalue weighted by molar-refractivity contribution is 7.15. The number of hydrogen-bond acceptors (Lipinski definition) is 7. The Morgan fingerprint density at radius 2 is 1.80 bits per heavy atom. The number of aromatic nitrogens is 3. The fourth-order valence-electron chi connectivity index (χ4n) is 2.21. The summed E-state index contributed by atoms with van der Waals surface area (Å²) < 4.78 is 1.72. The van der Waals surface area contributed by atoms with Gasteiger partial charge in [0.2, 0.25) is 0 Å². The molecule has 8 nitrogen and oxygen atoms in total. The van der Waals surface area contributed by atoms with Crippen molar-refractivity contribution in [3.05, 3.63) is 82.1 Å². The third-order valence-electron chi connectivity index (χ3n) is 4.22. The normalized spacial score (nSPS) is 10.2. The molecule has 3 N–H and O–H groups in total. The van der Waals surface area contributed by atoms with Crippen LogP contribution in [0.5, 0.6) is 0 Å². The van der Waals surface area contributed by atoms with E-state index in [0.29, 0.717) is 15.4 Å². The van der Waals surface area contributed by atoms with E-state index in [1.54, 1.807) is 35.3 Å². The number of amides is 1. The molecule has 190 valence electrons. The van der Waals surface area contributed by atoms with Gasteiger partial charge in [-0.1, -0.05) is 30.4 Å². The second-order valence-corrected chi connectivity index (χ2v) is 8.13. The molecule has 0 saturated heterocycles. The molecule has 3 rings (SSSR count). The van der Waals surface area contributed by atoms with Gasteiger partial charge in [0.05, 0.1) is 16.4 Å². The molecule has 1 amide bonds. The Balaban J connectivity index is 0.000000597. The van der Waals surface area contributed by atoms with Gasteiger partial charge in [-0.05, 0) is 78.0 Å². The molecule has 0 aliphatic rings. The molecule has 1 aromatic carbocycles. The van der Waals surface area contributed by atoms with Gasteiger partial charge in [-0.25, -0.2) is 9.67 Å². The van der Waals surface area contributed by atoms with E-state index in [-0.39, 0.29) is 12.5 Å². The van der Waals surface area contributed by atoms with Crippen molar-refractivity contribution in [2.75, 3.05) is 19.4 Å². The molecule has 0 saturated carbocycles. The molecule has 0 unspecified atom stereocenters. The third-order valence-corrected chi connectivity index (χ3v) is 5.23. The van der Waals surface area contributed by atoms with Crippen LogP contribution in [0.4, 0.5) is 5.69 Å². The number of anilines is 1. The zero-order valence-electron chi connectivity index (χ0n) is 21.6. The Kier molecular flexibility index (Phi) is 17.1. The van der Waals surface area contributed by atoms with Gasteiger partial charge in [0.15, 0.2) is 6.29 Å². The average molecular weight is 500 g/mol. The van der Waals surface area contributed by atoms with Crippen molar-refractivity contribution in [2.24, 2.45) is 0 Å². The lowest BCUT2D eigenvalue weighted by Crippen LogP contribution is -2.11. The highest BCUT2D eigenvalue weighted by Crippen LogP contribution is 2.20. The van der Waals surface area contributed by atoms with E-state index in [4.69, 9.17) is 5.11 Å². The van der Waals surface area contributed by atoms with Crippen molar-refractivity contribution in [1.82, 2.24) is 20.1 Å². The number of aryl methyl sites for hydroxylation is 1. The molecule has 0 fully saturated rings. The van der Waals surface area contributed by atoms with Crippen molar-refractivity contribution in [2.45, 2.75) is 41.2 Å². The van der Waals surface area contributed by atoms with Crippen LogP contribution in [0.1, 0.15) is 58.2 Å². The number of aliphatic hydroxyl groups is 1. The van der Waals surface area contributed by atoms with E-state index in [0.717, 1.165) is 34.4 Å². The highest BCUT2D eigenvalue weighted by atomic mass is 32.1. The van der Waals surface area contributed by atoms with Crippen LogP contribution in [0.15, 0.2) is 61.2 Å². The largest absolute Gasteiger partial charge is 0.392 e. The fraction of sp³-hybridized carbons (Fsp3) is 0.308. The lowest BCUT2D eigenvalue weighted by atomic mass is 10.1. The van der Waals surface area contributed by atoms with E-state index < -0.39 is 0 Å². The second kappa shape index (κ2) is 19.0. The third kappa shape index (κ3) is 12.6. The first-order valence-electron chi connectivity index (χ1n) is 11.0. The van der Waals surface area contributed by atoms with Gasteiger partial charge in [0.25, 0.3) is 5.91 Å². The number of hydrogen-bond donors (Lipinski definition) is 3. The van der Waals surface area contributed by atoms with Gasteiger partial charge in [0, 0.05) is 11.4 Å². The summed E-state index contributed by atoms with van der Waals surface area (Å²) in [7, 11) is 3.75. The first-order chi connectivity index (χ1) is 16.8. The SMILES string of the molecule is C/C=C(\C)n1cncn1.C/C=C\C.CNC.Cc1cc(CO)ccc1NC(=O)c1ccc(C=O)s1. The number of nitrogens with zero attached hydrogens (tertiary/aromatic N) is 3. The van der Waals surface area contributed by atoms with E-state index in [1.165, 1.54) is 6.33 Å². The molecule has 2 aromatic heterocycles. The summed E-state index contributed by atoms with van der Waals surface area (Å²) in [6.07, 6.45) is 9.90. The van der Waals surface area contributed by atoms with Gasteiger partial charge in [-0.3, -0.25) is 9.59 Å². The maximum Gasteiger partial charge on any atom is 0.265 e.